The van der Waals surface area contributed by atoms with Gasteiger partial charge < -0.3 is 10.6 Å². The first-order valence-corrected chi connectivity index (χ1v) is 8.25. The molecule has 0 aliphatic carbocycles. The molecule has 9 heteroatoms. The standard InChI is InChI=1S/C17H12Cl2FN3O3/c18-9-1-3-10(4-2-9)22-15(24)12-8-21-17(26)23(16(12)25)11-5-6-14(20)13(19)7-11/h1-7,12H,8H2,(H,21,26)(H,22,24). The predicted octanol–water partition coefficient (Wildman–Crippen LogP) is 3.44. The van der Waals surface area contributed by atoms with Gasteiger partial charge in [0.05, 0.1) is 10.7 Å². The molecule has 1 unspecified atom stereocenters. The number of imide groups is 1. The zero-order valence-electron chi connectivity index (χ0n) is 13.1. The number of hydrogen-bond donors (Lipinski definition) is 2. The minimum absolute atomic E-state index is 0.0721. The molecule has 134 valence electrons. The van der Waals surface area contributed by atoms with Gasteiger partial charge in [0.25, 0.3) is 0 Å². The molecule has 2 N–H and O–H groups in total. The highest BCUT2D eigenvalue weighted by Gasteiger charge is 2.39. The van der Waals surface area contributed by atoms with Gasteiger partial charge in [0.15, 0.2) is 0 Å². The normalized spacial score (nSPS) is 17.0. The van der Waals surface area contributed by atoms with E-state index in [0.717, 1.165) is 17.0 Å². The number of carbonyl (C=O) groups is 3. The highest BCUT2D eigenvalue weighted by Crippen LogP contribution is 2.26. The molecule has 3 rings (SSSR count). The van der Waals surface area contributed by atoms with E-state index in [0.29, 0.717) is 10.7 Å². The van der Waals surface area contributed by atoms with E-state index in [-0.39, 0.29) is 17.3 Å². The molecular weight excluding hydrogens is 384 g/mol. The van der Waals surface area contributed by atoms with E-state index in [2.05, 4.69) is 10.6 Å². The highest BCUT2D eigenvalue weighted by atomic mass is 35.5. The quantitative estimate of drug-likeness (QED) is 0.781. The van der Waals surface area contributed by atoms with Crippen LogP contribution in [-0.4, -0.2) is 24.4 Å². The van der Waals surface area contributed by atoms with Gasteiger partial charge in [-0.25, -0.2) is 14.1 Å². The number of anilines is 2. The lowest BCUT2D eigenvalue weighted by molar-refractivity contribution is -0.130. The summed E-state index contributed by atoms with van der Waals surface area (Å²) in [5.74, 6) is -3.15. The summed E-state index contributed by atoms with van der Waals surface area (Å²) in [4.78, 5) is 37.9. The van der Waals surface area contributed by atoms with E-state index in [4.69, 9.17) is 23.2 Å². The van der Waals surface area contributed by atoms with Crippen molar-refractivity contribution in [1.82, 2.24) is 5.32 Å². The number of nitrogens with one attached hydrogen (secondary N) is 2. The molecule has 1 aliphatic rings. The Bertz CT molecular complexity index is 889. The van der Waals surface area contributed by atoms with E-state index in [1.807, 2.05) is 0 Å². The lowest BCUT2D eigenvalue weighted by Gasteiger charge is -2.30. The molecule has 1 atom stereocenters. The molecule has 4 amide bonds. The molecule has 1 fully saturated rings. The van der Waals surface area contributed by atoms with Crippen molar-refractivity contribution in [3.05, 3.63) is 58.3 Å². The molecule has 26 heavy (non-hydrogen) atoms. The average molecular weight is 396 g/mol. The van der Waals surface area contributed by atoms with Gasteiger partial charge >= 0.3 is 6.03 Å². The van der Waals surface area contributed by atoms with Crippen LogP contribution in [0.1, 0.15) is 0 Å². The minimum Gasteiger partial charge on any atom is -0.336 e. The molecule has 0 spiro atoms. The lowest BCUT2D eigenvalue weighted by Crippen LogP contribution is -2.58. The first-order chi connectivity index (χ1) is 12.4. The fourth-order valence-corrected chi connectivity index (χ4v) is 2.75. The van der Waals surface area contributed by atoms with E-state index >= 15 is 0 Å². The third-order valence-electron chi connectivity index (χ3n) is 3.77. The molecule has 1 heterocycles. The summed E-state index contributed by atoms with van der Waals surface area (Å²) in [6.45, 7) is -0.150. The van der Waals surface area contributed by atoms with Crippen LogP contribution in [0.25, 0.3) is 0 Å². The summed E-state index contributed by atoms with van der Waals surface area (Å²) in [6, 6.07) is 9.06. The van der Waals surface area contributed by atoms with Crippen LogP contribution in [0, 0.1) is 11.7 Å². The van der Waals surface area contributed by atoms with E-state index in [1.165, 1.54) is 6.07 Å². The minimum atomic E-state index is -1.15. The summed E-state index contributed by atoms with van der Waals surface area (Å²) in [6.07, 6.45) is 0. The molecule has 1 aliphatic heterocycles. The average Bonchev–Trinajstić information content (AvgIpc) is 2.60. The van der Waals surface area contributed by atoms with Crippen LogP contribution in [-0.2, 0) is 9.59 Å². The third kappa shape index (κ3) is 3.63. The second-order valence-corrected chi connectivity index (χ2v) is 6.35. The van der Waals surface area contributed by atoms with Crippen LogP contribution >= 0.6 is 23.2 Å². The van der Waals surface area contributed by atoms with Crippen LogP contribution in [0.3, 0.4) is 0 Å². The Morgan fingerprint density at radius 1 is 1.15 bits per heavy atom. The van der Waals surface area contributed by atoms with Gasteiger partial charge in [-0.1, -0.05) is 23.2 Å². The monoisotopic (exact) mass is 395 g/mol. The zero-order chi connectivity index (χ0) is 18.8. The van der Waals surface area contributed by atoms with Crippen LogP contribution < -0.4 is 15.5 Å². The zero-order valence-corrected chi connectivity index (χ0v) is 14.6. The Balaban J connectivity index is 1.81. The number of benzene rings is 2. The highest BCUT2D eigenvalue weighted by molar-refractivity contribution is 6.31. The molecule has 0 saturated carbocycles. The van der Waals surface area contributed by atoms with Crippen molar-refractivity contribution in [2.75, 3.05) is 16.8 Å². The Morgan fingerprint density at radius 3 is 2.50 bits per heavy atom. The molecule has 6 nitrogen and oxygen atoms in total. The van der Waals surface area contributed by atoms with Crippen molar-refractivity contribution in [3.63, 3.8) is 0 Å². The summed E-state index contributed by atoms with van der Waals surface area (Å²) in [5, 5.41) is 5.33. The first kappa shape index (κ1) is 18.2. The molecule has 1 saturated heterocycles. The third-order valence-corrected chi connectivity index (χ3v) is 4.31. The first-order valence-electron chi connectivity index (χ1n) is 7.50. The fourth-order valence-electron chi connectivity index (χ4n) is 2.45. The van der Waals surface area contributed by atoms with Crippen molar-refractivity contribution in [3.8, 4) is 0 Å². The molecule has 2 aromatic rings. The molecule has 0 aromatic heterocycles. The summed E-state index contributed by atoms with van der Waals surface area (Å²) >= 11 is 11.5. The second kappa shape index (κ2) is 7.31. The number of halogens is 3. The van der Waals surface area contributed by atoms with E-state index in [1.54, 1.807) is 24.3 Å². The van der Waals surface area contributed by atoms with Crippen molar-refractivity contribution < 1.29 is 18.8 Å². The van der Waals surface area contributed by atoms with Gasteiger partial charge in [-0.05, 0) is 42.5 Å². The number of hydrogen-bond acceptors (Lipinski definition) is 3. The molecule has 0 bridgehead atoms. The molecular formula is C17H12Cl2FN3O3. The lowest BCUT2D eigenvalue weighted by atomic mass is 10.0. The molecule has 2 aromatic carbocycles. The van der Waals surface area contributed by atoms with Crippen LogP contribution in [0.2, 0.25) is 10.0 Å². The summed E-state index contributed by atoms with van der Waals surface area (Å²) < 4.78 is 13.3. The number of amides is 4. The smallest absolute Gasteiger partial charge is 0.328 e. The largest absolute Gasteiger partial charge is 0.336 e. The second-order valence-electron chi connectivity index (χ2n) is 5.51. The van der Waals surface area contributed by atoms with E-state index < -0.39 is 29.6 Å². The van der Waals surface area contributed by atoms with Gasteiger partial charge in [0.2, 0.25) is 11.8 Å². The van der Waals surface area contributed by atoms with Crippen molar-refractivity contribution in [1.29, 1.82) is 0 Å². The topological polar surface area (TPSA) is 78.5 Å². The SMILES string of the molecule is O=C(Nc1ccc(Cl)cc1)C1CNC(=O)N(c2ccc(F)c(Cl)c2)C1=O. The number of rotatable bonds is 3. The Morgan fingerprint density at radius 2 is 1.85 bits per heavy atom. The number of urea groups is 1. The van der Waals surface area contributed by atoms with Crippen LogP contribution in [0.15, 0.2) is 42.5 Å². The molecule has 0 radical (unpaired) electrons. The van der Waals surface area contributed by atoms with Crippen molar-refractivity contribution in [2.24, 2.45) is 5.92 Å². The Hall–Kier alpha value is -2.64. The van der Waals surface area contributed by atoms with Crippen LogP contribution in [0.5, 0.6) is 0 Å². The van der Waals surface area contributed by atoms with Crippen LogP contribution in [0.4, 0.5) is 20.6 Å². The van der Waals surface area contributed by atoms with Crippen molar-refractivity contribution in [2.45, 2.75) is 0 Å². The number of carbonyl (C=O) groups excluding carboxylic acids is 3. The van der Waals surface area contributed by atoms with Gasteiger partial charge in [0, 0.05) is 17.3 Å². The Kier molecular flexibility index (Phi) is 5.11. The number of nitrogens with zero attached hydrogens (tertiary/aromatic N) is 1. The van der Waals surface area contributed by atoms with Gasteiger partial charge in [0.1, 0.15) is 11.7 Å². The van der Waals surface area contributed by atoms with Gasteiger partial charge in [-0.2, -0.15) is 0 Å². The van der Waals surface area contributed by atoms with E-state index in [9.17, 15) is 18.8 Å². The maximum Gasteiger partial charge on any atom is 0.328 e. The summed E-state index contributed by atoms with van der Waals surface area (Å²) in [7, 11) is 0. The van der Waals surface area contributed by atoms with Gasteiger partial charge in [-0.15, -0.1) is 0 Å². The maximum absolute atomic E-state index is 13.3. The fraction of sp³-hybridized carbons (Fsp3) is 0.118. The summed E-state index contributed by atoms with van der Waals surface area (Å²) in [5.41, 5.74) is 0.531. The van der Waals surface area contributed by atoms with Crippen molar-refractivity contribution >= 4 is 52.4 Å². The maximum atomic E-state index is 13.3. The Labute approximate surface area is 157 Å². The predicted molar refractivity (Wildman–Crippen MR) is 95.9 cm³/mol. The van der Waals surface area contributed by atoms with Gasteiger partial charge in [-0.3, -0.25) is 9.59 Å².